The normalized spacial score (nSPS) is 12.4. The molecule has 1 heterocycles. The summed E-state index contributed by atoms with van der Waals surface area (Å²) in [5.74, 6) is 0. The molecule has 0 bridgehead atoms. The number of rotatable bonds is 3. The van der Waals surface area contributed by atoms with Crippen molar-refractivity contribution in [3.8, 4) is 0 Å². The van der Waals surface area contributed by atoms with Crippen molar-refractivity contribution in [1.82, 2.24) is 0 Å². The van der Waals surface area contributed by atoms with Crippen LogP contribution in [0.2, 0.25) is 0 Å². The molecule has 0 aliphatic heterocycles. The van der Waals surface area contributed by atoms with Gasteiger partial charge in [0.25, 0.3) is 0 Å². The molecule has 1 aromatic heterocycles. The average molecular weight is 296 g/mol. The van der Waals surface area contributed by atoms with E-state index in [0.717, 1.165) is 4.47 Å². The lowest BCUT2D eigenvalue weighted by Crippen LogP contribution is -2.06. The third kappa shape index (κ3) is 2.66. The lowest BCUT2D eigenvalue weighted by molar-refractivity contribution is 0.888. The Kier molecular flexibility index (Phi) is 3.66. The summed E-state index contributed by atoms with van der Waals surface area (Å²) in [7, 11) is 0. The van der Waals surface area contributed by atoms with E-state index in [0.29, 0.717) is 6.04 Å². The smallest absolute Gasteiger partial charge is 0.0493 e. The molecule has 0 aliphatic rings. The number of hydrogen-bond acceptors (Lipinski definition) is 2. The molecule has 16 heavy (non-hydrogen) atoms. The molecule has 2 rings (SSSR count). The van der Waals surface area contributed by atoms with E-state index in [9.17, 15) is 0 Å². The Labute approximate surface area is 109 Å². The summed E-state index contributed by atoms with van der Waals surface area (Å²) in [6.07, 6.45) is 0. The number of thiophene rings is 1. The van der Waals surface area contributed by atoms with E-state index in [1.807, 2.05) is 0 Å². The molecule has 0 fully saturated rings. The van der Waals surface area contributed by atoms with Crippen LogP contribution in [0.5, 0.6) is 0 Å². The van der Waals surface area contributed by atoms with Crippen LogP contribution in [-0.4, -0.2) is 0 Å². The first-order valence-electron chi connectivity index (χ1n) is 5.21. The second-order valence-corrected chi connectivity index (χ2v) is 5.58. The van der Waals surface area contributed by atoms with Gasteiger partial charge in [0.05, 0.1) is 0 Å². The average Bonchev–Trinajstić information content (AvgIpc) is 2.75. The molecule has 2 aromatic rings. The summed E-state index contributed by atoms with van der Waals surface area (Å²) >= 11 is 5.21. The first kappa shape index (κ1) is 11.7. The van der Waals surface area contributed by atoms with Crippen LogP contribution in [0, 0.1) is 6.92 Å². The summed E-state index contributed by atoms with van der Waals surface area (Å²) in [6.45, 7) is 4.30. The topological polar surface area (TPSA) is 12.0 Å². The van der Waals surface area contributed by atoms with Crippen molar-refractivity contribution in [2.75, 3.05) is 5.32 Å². The van der Waals surface area contributed by atoms with Crippen molar-refractivity contribution in [3.63, 3.8) is 0 Å². The van der Waals surface area contributed by atoms with Crippen LogP contribution >= 0.6 is 27.3 Å². The van der Waals surface area contributed by atoms with Gasteiger partial charge in [-0.25, -0.2) is 0 Å². The van der Waals surface area contributed by atoms with E-state index >= 15 is 0 Å². The largest absolute Gasteiger partial charge is 0.378 e. The highest BCUT2D eigenvalue weighted by molar-refractivity contribution is 9.10. The van der Waals surface area contributed by atoms with Gasteiger partial charge in [-0.05, 0) is 60.0 Å². The van der Waals surface area contributed by atoms with Gasteiger partial charge in [-0.3, -0.25) is 0 Å². The van der Waals surface area contributed by atoms with E-state index in [1.165, 1.54) is 16.8 Å². The summed E-state index contributed by atoms with van der Waals surface area (Å²) in [5, 5.41) is 7.83. The SMILES string of the molecule is Cc1cc(Br)ccc1NC(C)c1ccsc1. The zero-order valence-electron chi connectivity index (χ0n) is 9.33. The molecule has 1 N–H and O–H groups in total. The van der Waals surface area contributed by atoms with Crippen molar-refractivity contribution in [2.24, 2.45) is 0 Å². The Morgan fingerprint density at radius 1 is 1.31 bits per heavy atom. The van der Waals surface area contributed by atoms with Crippen LogP contribution in [0.4, 0.5) is 5.69 Å². The van der Waals surface area contributed by atoms with E-state index in [-0.39, 0.29) is 0 Å². The molecular weight excluding hydrogens is 282 g/mol. The molecule has 0 saturated heterocycles. The van der Waals surface area contributed by atoms with Gasteiger partial charge >= 0.3 is 0 Å². The Hall–Kier alpha value is -0.800. The van der Waals surface area contributed by atoms with Gasteiger partial charge in [-0.2, -0.15) is 11.3 Å². The number of anilines is 1. The van der Waals surface area contributed by atoms with Crippen molar-refractivity contribution in [1.29, 1.82) is 0 Å². The van der Waals surface area contributed by atoms with E-state index in [1.54, 1.807) is 11.3 Å². The minimum Gasteiger partial charge on any atom is -0.378 e. The lowest BCUT2D eigenvalue weighted by Gasteiger charge is -2.16. The van der Waals surface area contributed by atoms with E-state index in [4.69, 9.17) is 0 Å². The van der Waals surface area contributed by atoms with Crippen LogP contribution in [0.15, 0.2) is 39.5 Å². The number of hydrogen-bond donors (Lipinski definition) is 1. The molecule has 1 unspecified atom stereocenters. The molecule has 0 radical (unpaired) electrons. The minimum absolute atomic E-state index is 0.353. The third-order valence-electron chi connectivity index (χ3n) is 2.60. The maximum atomic E-state index is 3.53. The van der Waals surface area contributed by atoms with Gasteiger partial charge < -0.3 is 5.32 Å². The van der Waals surface area contributed by atoms with Crippen LogP contribution in [-0.2, 0) is 0 Å². The van der Waals surface area contributed by atoms with Gasteiger partial charge in [-0.15, -0.1) is 0 Å². The fourth-order valence-corrected chi connectivity index (χ4v) is 2.86. The molecular formula is C13H14BrNS. The molecule has 1 atom stereocenters. The summed E-state index contributed by atoms with van der Waals surface area (Å²) in [6, 6.07) is 8.82. The van der Waals surface area contributed by atoms with Gasteiger partial charge in [0, 0.05) is 16.2 Å². The maximum Gasteiger partial charge on any atom is 0.0493 e. The summed E-state index contributed by atoms with van der Waals surface area (Å²) in [4.78, 5) is 0. The predicted molar refractivity (Wildman–Crippen MR) is 75.2 cm³/mol. The van der Waals surface area contributed by atoms with Gasteiger partial charge in [0.15, 0.2) is 0 Å². The van der Waals surface area contributed by atoms with Gasteiger partial charge in [0.1, 0.15) is 0 Å². The Morgan fingerprint density at radius 2 is 2.12 bits per heavy atom. The fraction of sp³-hybridized carbons (Fsp3) is 0.231. The van der Waals surface area contributed by atoms with Crippen LogP contribution in [0.1, 0.15) is 24.1 Å². The molecule has 0 aliphatic carbocycles. The highest BCUT2D eigenvalue weighted by Crippen LogP contribution is 2.25. The van der Waals surface area contributed by atoms with Crippen molar-refractivity contribution >= 4 is 33.0 Å². The number of aryl methyl sites for hydroxylation is 1. The van der Waals surface area contributed by atoms with Gasteiger partial charge in [-0.1, -0.05) is 15.9 Å². The molecule has 1 nitrogen and oxygen atoms in total. The molecule has 0 spiro atoms. The van der Waals surface area contributed by atoms with E-state index in [2.05, 4.69) is 70.1 Å². The molecule has 3 heteroatoms. The highest BCUT2D eigenvalue weighted by atomic mass is 79.9. The maximum absolute atomic E-state index is 3.53. The molecule has 0 saturated carbocycles. The monoisotopic (exact) mass is 295 g/mol. The van der Waals surface area contributed by atoms with Crippen molar-refractivity contribution in [3.05, 3.63) is 50.6 Å². The zero-order valence-corrected chi connectivity index (χ0v) is 11.7. The first-order chi connectivity index (χ1) is 7.66. The van der Waals surface area contributed by atoms with Crippen LogP contribution < -0.4 is 5.32 Å². The quantitative estimate of drug-likeness (QED) is 0.841. The summed E-state index contributed by atoms with van der Waals surface area (Å²) in [5.41, 5.74) is 3.80. The molecule has 84 valence electrons. The second-order valence-electron chi connectivity index (χ2n) is 3.88. The zero-order chi connectivity index (χ0) is 11.5. The highest BCUT2D eigenvalue weighted by Gasteiger charge is 2.06. The lowest BCUT2D eigenvalue weighted by atomic mass is 10.1. The second kappa shape index (κ2) is 5.02. The predicted octanol–water partition coefficient (Wildman–Crippen LogP) is 4.99. The van der Waals surface area contributed by atoms with Crippen LogP contribution in [0.3, 0.4) is 0 Å². The molecule has 1 aromatic carbocycles. The molecule has 0 amide bonds. The van der Waals surface area contributed by atoms with Gasteiger partial charge in [0.2, 0.25) is 0 Å². The van der Waals surface area contributed by atoms with Crippen molar-refractivity contribution in [2.45, 2.75) is 19.9 Å². The summed E-state index contributed by atoms with van der Waals surface area (Å²) < 4.78 is 1.12. The first-order valence-corrected chi connectivity index (χ1v) is 6.95. The Balaban J connectivity index is 2.15. The fourth-order valence-electron chi connectivity index (χ4n) is 1.63. The standard InChI is InChI=1S/C13H14BrNS/c1-9-7-12(14)3-4-13(9)15-10(2)11-5-6-16-8-11/h3-8,10,15H,1-2H3. The van der Waals surface area contributed by atoms with E-state index < -0.39 is 0 Å². The third-order valence-corrected chi connectivity index (χ3v) is 3.80. The van der Waals surface area contributed by atoms with Crippen LogP contribution in [0.25, 0.3) is 0 Å². The Morgan fingerprint density at radius 3 is 2.75 bits per heavy atom. The van der Waals surface area contributed by atoms with Crippen molar-refractivity contribution < 1.29 is 0 Å². The number of halogens is 1. The number of nitrogens with one attached hydrogen (secondary N) is 1. The number of benzene rings is 1. The minimum atomic E-state index is 0.353. The Bertz CT molecular complexity index is 465.